The van der Waals surface area contributed by atoms with E-state index in [0.29, 0.717) is 0 Å². The minimum atomic E-state index is -5.00. The first-order valence-electron chi connectivity index (χ1n) is 5.82. The second kappa shape index (κ2) is 17.5. The van der Waals surface area contributed by atoms with Gasteiger partial charge >= 0.3 is 34.1 Å². The molecular weight excluding hydrogens is 460 g/mol. The number of phosphoric ester groups is 2. The normalized spacial score (nSPS) is 12.5. The molecule has 0 aliphatic heterocycles. The number of phosphoric acid groups is 2. The maximum atomic E-state index is 10.1. The summed E-state index contributed by atoms with van der Waals surface area (Å²) in [6, 6.07) is 0. The first-order chi connectivity index (χ1) is 9.95. The van der Waals surface area contributed by atoms with E-state index in [-0.39, 0.29) is 60.2 Å². The summed E-state index contributed by atoms with van der Waals surface area (Å²) in [6.07, 6.45) is -2.19. The van der Waals surface area contributed by atoms with Crippen LogP contribution in [-0.4, -0.2) is 59.1 Å². The summed E-state index contributed by atoms with van der Waals surface area (Å²) in [4.78, 5) is 39.6. The van der Waals surface area contributed by atoms with Crippen molar-refractivity contribution in [3.8, 4) is 0 Å². The van der Waals surface area contributed by atoms with Crippen molar-refractivity contribution in [2.24, 2.45) is 0 Å². The Balaban J connectivity index is -0.000000156. The molecule has 0 unspecified atom stereocenters. The van der Waals surface area contributed by atoms with E-state index in [4.69, 9.17) is 20.4 Å². The molecule has 0 aliphatic rings. The Labute approximate surface area is 159 Å². The molecule has 0 bridgehead atoms. The molecule has 0 saturated heterocycles. The summed E-state index contributed by atoms with van der Waals surface area (Å²) >= 11 is 0. The Morgan fingerprint density at radius 2 is 1.29 bits per heavy atom. The number of hydrogen-bond acceptors (Lipinski definition) is 12. The van der Waals surface area contributed by atoms with E-state index in [1.165, 1.54) is 0 Å². The monoisotopic (exact) mass is 478 g/mol. The molecule has 2 radical (unpaired) electrons. The van der Waals surface area contributed by atoms with Crippen molar-refractivity contribution in [1.82, 2.24) is 0 Å². The molecule has 0 aliphatic carbocycles. The van der Waals surface area contributed by atoms with Crippen LogP contribution in [0.5, 0.6) is 0 Å². The van der Waals surface area contributed by atoms with Crippen LogP contribution >= 0.6 is 15.6 Å². The zero-order chi connectivity index (χ0) is 17.8. The minimum absolute atomic E-state index is 0. The van der Waals surface area contributed by atoms with Crippen LogP contribution in [0.15, 0.2) is 0 Å². The quantitative estimate of drug-likeness (QED) is 0.171. The van der Waals surface area contributed by atoms with Crippen LogP contribution in [0.4, 0.5) is 0 Å². The smallest absolute Gasteiger partial charge is 0.790 e. The fourth-order valence-electron chi connectivity index (χ4n) is 0.950. The molecule has 24 heavy (non-hydrogen) atoms. The number of rotatable bonds is 10. The molecule has 146 valence electrons. The summed E-state index contributed by atoms with van der Waals surface area (Å²) < 4.78 is 27.4. The van der Waals surface area contributed by atoms with Gasteiger partial charge in [-0.15, -0.1) is 0 Å². The molecule has 1 atom stereocenters. The average molecular weight is 478 g/mol. The minimum Gasteiger partial charge on any atom is -0.790 e. The Bertz CT molecular complexity index is 355. The Hall–Kier alpha value is 1.10. The zero-order valence-electron chi connectivity index (χ0n) is 12.1. The third-order valence-corrected chi connectivity index (χ3v) is 2.84. The summed E-state index contributed by atoms with van der Waals surface area (Å²) in [6.45, 7) is -1.91. The molecule has 12 nitrogen and oxygen atoms in total. The maximum absolute atomic E-state index is 10.1. The molecule has 0 aromatic carbocycles. The zero-order valence-corrected chi connectivity index (χ0v) is 16.3. The second-order valence-corrected chi connectivity index (χ2v) is 6.04. The molecular formula is C8H18Mn2O12P2. The molecule has 0 amide bonds. The van der Waals surface area contributed by atoms with E-state index in [9.17, 15) is 28.7 Å². The number of aliphatic hydroxyl groups is 4. The molecule has 16 heteroatoms. The van der Waals surface area contributed by atoms with Gasteiger partial charge in [-0.3, -0.25) is 0 Å². The SMILES string of the molecule is O=P([O-])([O-])OC(CCO)CCO.O=P([O-])([O-])OC[C@H](O)CO.[Mn+2].[Mn+2]. The van der Waals surface area contributed by atoms with Crippen LogP contribution in [0, 0.1) is 0 Å². The van der Waals surface area contributed by atoms with Gasteiger partial charge in [-0.1, -0.05) is 0 Å². The van der Waals surface area contributed by atoms with Crippen LogP contribution < -0.4 is 19.6 Å². The van der Waals surface area contributed by atoms with Crippen molar-refractivity contribution >= 4 is 15.6 Å². The van der Waals surface area contributed by atoms with E-state index < -0.39 is 41.1 Å². The van der Waals surface area contributed by atoms with Gasteiger partial charge in [-0.2, -0.15) is 0 Å². The summed E-state index contributed by atoms with van der Waals surface area (Å²) in [5.74, 6) is 0. The summed E-state index contributed by atoms with van der Waals surface area (Å²) in [5, 5.41) is 33.4. The Kier molecular flexibility index (Phi) is 23.9. The summed E-state index contributed by atoms with van der Waals surface area (Å²) in [5.41, 5.74) is 0. The topological polar surface area (TPSA) is 226 Å². The van der Waals surface area contributed by atoms with E-state index in [2.05, 4.69) is 9.05 Å². The molecule has 0 spiro atoms. The van der Waals surface area contributed by atoms with Crippen LogP contribution in [0.2, 0.25) is 0 Å². The van der Waals surface area contributed by atoms with Crippen LogP contribution in [0.3, 0.4) is 0 Å². The molecule has 0 aromatic heterocycles. The first-order valence-corrected chi connectivity index (χ1v) is 8.75. The molecule has 0 heterocycles. The van der Waals surface area contributed by atoms with Crippen molar-refractivity contribution in [3.63, 3.8) is 0 Å². The van der Waals surface area contributed by atoms with E-state index in [1.54, 1.807) is 0 Å². The largest absolute Gasteiger partial charge is 2.00 e. The molecule has 0 aromatic rings. The van der Waals surface area contributed by atoms with Gasteiger partial charge in [-0.25, -0.2) is 0 Å². The average Bonchev–Trinajstić information content (AvgIpc) is 2.34. The number of aliphatic hydroxyl groups excluding tert-OH is 4. The predicted molar refractivity (Wildman–Crippen MR) is 62.5 cm³/mol. The van der Waals surface area contributed by atoms with Gasteiger partial charge in [0.05, 0.1) is 35.0 Å². The predicted octanol–water partition coefficient (Wildman–Crippen LogP) is -4.85. The van der Waals surface area contributed by atoms with E-state index in [1.807, 2.05) is 0 Å². The number of hydrogen-bond donors (Lipinski definition) is 4. The van der Waals surface area contributed by atoms with Gasteiger partial charge in [0.25, 0.3) is 0 Å². The fourth-order valence-corrected chi connectivity index (χ4v) is 1.88. The Morgan fingerprint density at radius 1 is 0.875 bits per heavy atom. The van der Waals surface area contributed by atoms with Crippen molar-refractivity contribution in [2.45, 2.75) is 25.0 Å². The fraction of sp³-hybridized carbons (Fsp3) is 1.00. The van der Waals surface area contributed by atoms with Gasteiger partial charge in [-0.05, 0) is 12.8 Å². The molecule has 0 fully saturated rings. The van der Waals surface area contributed by atoms with Crippen LogP contribution in [0.25, 0.3) is 0 Å². The van der Waals surface area contributed by atoms with Gasteiger partial charge in [0.2, 0.25) is 0 Å². The van der Waals surface area contributed by atoms with Crippen LogP contribution in [0.1, 0.15) is 12.8 Å². The molecule has 0 rings (SSSR count). The van der Waals surface area contributed by atoms with Gasteiger partial charge in [0.15, 0.2) is 0 Å². The molecule has 4 N–H and O–H groups in total. The van der Waals surface area contributed by atoms with E-state index in [0.717, 1.165) is 0 Å². The standard InChI is InChI=1S/C5H13O6P.C3H9O6P.2Mn/c6-3-1-5(2-4-7)11-12(8,9)10;4-1-3(5)2-9-10(6,7)8;;/h5-7H,1-4H2,(H2,8,9,10);3-5H,1-2H2,(H2,6,7,8);;/q;;2*+2/p-4/t;3-;;/m.1../s1. The molecule has 0 saturated carbocycles. The second-order valence-electron chi connectivity index (χ2n) is 3.78. The summed E-state index contributed by atoms with van der Waals surface area (Å²) in [7, 11) is -10.0. The van der Waals surface area contributed by atoms with Gasteiger partial charge in [0, 0.05) is 13.2 Å². The van der Waals surface area contributed by atoms with Crippen molar-refractivity contribution in [3.05, 3.63) is 0 Å². The third-order valence-electron chi connectivity index (χ3n) is 1.82. The third kappa shape index (κ3) is 27.9. The van der Waals surface area contributed by atoms with Crippen molar-refractivity contribution in [1.29, 1.82) is 0 Å². The Morgan fingerprint density at radius 3 is 1.54 bits per heavy atom. The van der Waals surface area contributed by atoms with Gasteiger partial charge < -0.3 is 58.2 Å². The first kappa shape index (κ1) is 32.7. The van der Waals surface area contributed by atoms with E-state index >= 15 is 0 Å². The van der Waals surface area contributed by atoms with Crippen molar-refractivity contribution < 1.29 is 92.3 Å². The van der Waals surface area contributed by atoms with Crippen molar-refractivity contribution in [2.75, 3.05) is 26.4 Å². The van der Waals surface area contributed by atoms with Gasteiger partial charge in [0.1, 0.15) is 6.10 Å². The van der Waals surface area contributed by atoms with Crippen LogP contribution in [-0.2, 0) is 52.3 Å². The maximum Gasteiger partial charge on any atom is 2.00 e.